The van der Waals surface area contributed by atoms with Gasteiger partial charge in [-0.15, -0.1) is 0 Å². The number of ether oxygens (including phenoxy) is 1. The van der Waals surface area contributed by atoms with Crippen molar-refractivity contribution in [3.05, 3.63) is 24.3 Å². The summed E-state index contributed by atoms with van der Waals surface area (Å²) in [5.74, 6) is 0.412. The van der Waals surface area contributed by atoms with Gasteiger partial charge in [0.05, 0.1) is 13.0 Å². The molecule has 148 valence electrons. The molecule has 2 aliphatic rings. The predicted octanol–water partition coefficient (Wildman–Crippen LogP) is 2.43. The SMILES string of the molecule is COc1ccc(N2C[C@@H](C(=O)NC(C)(C)CN3CCCCC3)CC2=O)cc1. The van der Waals surface area contributed by atoms with E-state index < -0.39 is 0 Å². The fraction of sp³-hybridized carbons (Fsp3) is 0.619. The average molecular weight is 373 g/mol. The Labute approximate surface area is 161 Å². The Morgan fingerprint density at radius 1 is 1.19 bits per heavy atom. The van der Waals surface area contributed by atoms with Gasteiger partial charge in [-0.3, -0.25) is 9.59 Å². The van der Waals surface area contributed by atoms with Gasteiger partial charge in [0.25, 0.3) is 0 Å². The van der Waals surface area contributed by atoms with E-state index >= 15 is 0 Å². The lowest BCUT2D eigenvalue weighted by molar-refractivity contribution is -0.128. The van der Waals surface area contributed by atoms with Crippen molar-refractivity contribution in [2.24, 2.45) is 5.92 Å². The molecule has 6 heteroatoms. The second kappa shape index (κ2) is 8.30. The van der Waals surface area contributed by atoms with Crippen LogP contribution in [0.3, 0.4) is 0 Å². The first-order valence-electron chi connectivity index (χ1n) is 9.87. The van der Waals surface area contributed by atoms with Crippen molar-refractivity contribution in [1.29, 1.82) is 0 Å². The monoisotopic (exact) mass is 373 g/mol. The Hall–Kier alpha value is -2.08. The number of piperidine rings is 1. The van der Waals surface area contributed by atoms with Crippen LogP contribution in [-0.2, 0) is 9.59 Å². The van der Waals surface area contributed by atoms with Crippen LogP contribution in [0.1, 0.15) is 39.5 Å². The highest BCUT2D eigenvalue weighted by atomic mass is 16.5. The first-order valence-corrected chi connectivity index (χ1v) is 9.87. The van der Waals surface area contributed by atoms with Crippen molar-refractivity contribution in [1.82, 2.24) is 10.2 Å². The third kappa shape index (κ3) is 5.01. The third-order valence-corrected chi connectivity index (χ3v) is 5.41. The van der Waals surface area contributed by atoms with Crippen LogP contribution in [0.5, 0.6) is 5.75 Å². The summed E-state index contributed by atoms with van der Waals surface area (Å²) in [5.41, 5.74) is 0.508. The number of amides is 2. The smallest absolute Gasteiger partial charge is 0.227 e. The summed E-state index contributed by atoms with van der Waals surface area (Å²) in [6.07, 6.45) is 4.03. The van der Waals surface area contributed by atoms with E-state index in [1.54, 1.807) is 12.0 Å². The number of carbonyl (C=O) groups is 2. The van der Waals surface area contributed by atoms with E-state index in [4.69, 9.17) is 4.74 Å². The van der Waals surface area contributed by atoms with Crippen molar-refractivity contribution in [3.63, 3.8) is 0 Å². The van der Waals surface area contributed by atoms with Crippen LogP contribution in [0.2, 0.25) is 0 Å². The number of benzene rings is 1. The summed E-state index contributed by atoms with van der Waals surface area (Å²) >= 11 is 0. The Morgan fingerprint density at radius 2 is 1.85 bits per heavy atom. The number of methoxy groups -OCH3 is 1. The minimum atomic E-state index is -0.305. The van der Waals surface area contributed by atoms with Crippen molar-refractivity contribution in [3.8, 4) is 5.75 Å². The molecular formula is C21H31N3O3. The largest absolute Gasteiger partial charge is 0.497 e. The first-order chi connectivity index (χ1) is 12.9. The minimum absolute atomic E-state index is 0.00541. The van der Waals surface area contributed by atoms with Crippen molar-refractivity contribution < 1.29 is 14.3 Å². The maximum absolute atomic E-state index is 12.8. The molecule has 1 aromatic carbocycles. The Bertz CT molecular complexity index is 666. The molecule has 0 bridgehead atoms. The molecule has 2 aliphatic heterocycles. The molecule has 0 aromatic heterocycles. The molecule has 2 saturated heterocycles. The molecule has 1 aromatic rings. The molecule has 1 N–H and O–H groups in total. The van der Waals surface area contributed by atoms with Gasteiger partial charge in [-0.25, -0.2) is 0 Å². The standard InChI is InChI=1S/C21H31N3O3/c1-21(2,15-23-11-5-4-6-12-23)22-20(26)16-13-19(25)24(14-16)17-7-9-18(27-3)10-8-17/h7-10,16H,4-6,11-15H2,1-3H3,(H,22,26)/t16-/m0/s1. The van der Waals surface area contributed by atoms with E-state index in [0.717, 1.165) is 31.1 Å². The molecule has 2 fully saturated rings. The summed E-state index contributed by atoms with van der Waals surface area (Å²) in [5, 5.41) is 3.18. The second-order valence-electron chi connectivity index (χ2n) is 8.31. The highest BCUT2D eigenvalue weighted by Gasteiger charge is 2.37. The zero-order chi connectivity index (χ0) is 19.4. The number of rotatable bonds is 6. The van der Waals surface area contributed by atoms with Crippen LogP contribution in [0.15, 0.2) is 24.3 Å². The molecule has 0 radical (unpaired) electrons. The quantitative estimate of drug-likeness (QED) is 0.832. The maximum Gasteiger partial charge on any atom is 0.227 e. The minimum Gasteiger partial charge on any atom is -0.497 e. The van der Waals surface area contributed by atoms with Crippen LogP contribution in [-0.4, -0.2) is 55.5 Å². The number of carbonyl (C=O) groups excluding carboxylic acids is 2. The van der Waals surface area contributed by atoms with E-state index in [-0.39, 0.29) is 29.7 Å². The van der Waals surface area contributed by atoms with E-state index in [1.807, 2.05) is 24.3 Å². The molecule has 3 rings (SSSR count). The number of anilines is 1. The first kappa shape index (κ1) is 19.7. The lowest BCUT2D eigenvalue weighted by Crippen LogP contribution is -2.54. The van der Waals surface area contributed by atoms with Crippen LogP contribution in [0.25, 0.3) is 0 Å². The lowest BCUT2D eigenvalue weighted by atomic mass is 10.00. The van der Waals surface area contributed by atoms with E-state index in [2.05, 4.69) is 24.1 Å². The topological polar surface area (TPSA) is 61.9 Å². The van der Waals surface area contributed by atoms with Gasteiger partial charge in [0, 0.05) is 30.7 Å². The lowest BCUT2D eigenvalue weighted by Gasteiger charge is -2.36. The van der Waals surface area contributed by atoms with Gasteiger partial charge in [0.15, 0.2) is 0 Å². The van der Waals surface area contributed by atoms with Crippen LogP contribution >= 0.6 is 0 Å². The molecule has 6 nitrogen and oxygen atoms in total. The summed E-state index contributed by atoms with van der Waals surface area (Å²) in [7, 11) is 1.61. The highest BCUT2D eigenvalue weighted by Crippen LogP contribution is 2.27. The Morgan fingerprint density at radius 3 is 2.48 bits per heavy atom. The average Bonchev–Trinajstić information content (AvgIpc) is 3.04. The van der Waals surface area contributed by atoms with E-state index in [0.29, 0.717) is 6.54 Å². The molecule has 0 spiro atoms. The maximum atomic E-state index is 12.8. The summed E-state index contributed by atoms with van der Waals surface area (Å²) in [6.45, 7) is 7.62. The molecule has 0 saturated carbocycles. The van der Waals surface area contributed by atoms with Gasteiger partial charge in [-0.05, 0) is 64.0 Å². The highest BCUT2D eigenvalue weighted by molar-refractivity contribution is 6.00. The number of hydrogen-bond donors (Lipinski definition) is 1. The zero-order valence-electron chi connectivity index (χ0n) is 16.7. The van der Waals surface area contributed by atoms with Crippen molar-refractivity contribution in [2.75, 3.05) is 38.2 Å². The van der Waals surface area contributed by atoms with Gasteiger partial charge >= 0.3 is 0 Å². The Kier molecular flexibility index (Phi) is 6.05. The number of hydrogen-bond acceptors (Lipinski definition) is 4. The Balaban J connectivity index is 1.57. The van der Waals surface area contributed by atoms with Gasteiger partial charge in [-0.1, -0.05) is 6.42 Å². The van der Waals surface area contributed by atoms with Crippen molar-refractivity contribution >= 4 is 17.5 Å². The normalized spacial score (nSPS) is 21.4. The fourth-order valence-electron chi connectivity index (χ4n) is 4.05. The van der Waals surface area contributed by atoms with Crippen LogP contribution in [0, 0.1) is 5.92 Å². The second-order valence-corrected chi connectivity index (χ2v) is 8.31. The summed E-state index contributed by atoms with van der Waals surface area (Å²) in [6, 6.07) is 7.38. The molecule has 1 atom stereocenters. The molecule has 2 heterocycles. The number of nitrogens with one attached hydrogen (secondary N) is 1. The van der Waals surface area contributed by atoms with Crippen LogP contribution < -0.4 is 15.0 Å². The van der Waals surface area contributed by atoms with E-state index in [9.17, 15) is 9.59 Å². The third-order valence-electron chi connectivity index (χ3n) is 5.41. The molecule has 0 aliphatic carbocycles. The molecule has 2 amide bonds. The van der Waals surface area contributed by atoms with E-state index in [1.165, 1.54) is 19.3 Å². The zero-order valence-corrected chi connectivity index (χ0v) is 16.7. The van der Waals surface area contributed by atoms with Gasteiger partial charge in [-0.2, -0.15) is 0 Å². The molecule has 27 heavy (non-hydrogen) atoms. The summed E-state index contributed by atoms with van der Waals surface area (Å²) < 4.78 is 5.16. The fourth-order valence-corrected chi connectivity index (χ4v) is 4.05. The number of likely N-dealkylation sites (tertiary alicyclic amines) is 1. The van der Waals surface area contributed by atoms with Crippen molar-refractivity contribution in [2.45, 2.75) is 45.1 Å². The van der Waals surface area contributed by atoms with Gasteiger partial charge in [0.1, 0.15) is 5.75 Å². The van der Waals surface area contributed by atoms with Crippen LogP contribution in [0.4, 0.5) is 5.69 Å². The molecule has 0 unspecified atom stereocenters. The van der Waals surface area contributed by atoms with Gasteiger partial charge in [0.2, 0.25) is 11.8 Å². The molecular weight excluding hydrogens is 342 g/mol. The van der Waals surface area contributed by atoms with Gasteiger partial charge < -0.3 is 19.9 Å². The summed E-state index contributed by atoms with van der Waals surface area (Å²) in [4.78, 5) is 29.3. The predicted molar refractivity (Wildman–Crippen MR) is 106 cm³/mol. The number of nitrogens with zero attached hydrogens (tertiary/aromatic N) is 2.